The fraction of sp³-hybridized carbons (Fsp3) is 0.0986. The topological polar surface area (TPSA) is 6.48 Å². The number of rotatable bonds is 2. The first kappa shape index (κ1) is 42.0. The second kappa shape index (κ2) is 14.4. The first-order valence-electron chi connectivity index (χ1n) is 26.6. The van der Waals surface area contributed by atoms with Gasteiger partial charge >= 0.3 is 0 Å². The van der Waals surface area contributed by atoms with Crippen molar-refractivity contribution in [2.75, 3.05) is 9.80 Å². The van der Waals surface area contributed by atoms with Gasteiger partial charge in [0, 0.05) is 43.7 Å². The summed E-state index contributed by atoms with van der Waals surface area (Å²) in [6, 6.07) is 86.7. The summed E-state index contributed by atoms with van der Waals surface area (Å²) in [5, 5.41) is 0. The number of benzene rings is 10. The molecule has 0 radical (unpaired) electrons. The molecule has 4 aliphatic carbocycles. The molecule has 2 spiro atoms. The lowest BCUT2D eigenvalue weighted by atomic mass is 9.36. The summed E-state index contributed by atoms with van der Waals surface area (Å²) in [4.78, 5) is 6.67. The van der Waals surface area contributed by atoms with Gasteiger partial charge in [0.2, 0.25) is 0 Å². The molecule has 0 amide bonds. The van der Waals surface area contributed by atoms with E-state index in [2.05, 4.69) is 273 Å². The summed E-state index contributed by atoms with van der Waals surface area (Å²) in [6.07, 6.45) is 0. The summed E-state index contributed by atoms with van der Waals surface area (Å²) >= 11 is 2.08. The first-order valence-corrected chi connectivity index (χ1v) is 27.4. The van der Waals surface area contributed by atoms with Crippen LogP contribution < -0.4 is 25.5 Å². The minimum atomic E-state index is -0.510. The molecule has 0 N–H and O–H groups in total. The van der Waals surface area contributed by atoms with Gasteiger partial charge in [0.15, 0.2) is 0 Å². The Hall–Kier alpha value is -8.44. The van der Waals surface area contributed by atoms with Gasteiger partial charge in [0.25, 0.3) is 6.71 Å². The Labute approximate surface area is 443 Å². The average Bonchev–Trinajstić information content (AvgIpc) is 4.42. The SMILES string of the molecule is Cc1ccc(N2c3cccc4c3B(c3cc5c(cc3N4c3ccccc3)-c3ccccc3C53c4ccccc4-c4ccccc43)c3sc4c(c32)-c2ccc(C(C)(C)C)cc2C42c3ccccc3-c3ccccc32)cc1. The third-order valence-corrected chi connectivity index (χ3v) is 19.4. The molecular formula is C71H49BN2S. The van der Waals surface area contributed by atoms with E-state index in [1.165, 1.54) is 144 Å². The van der Waals surface area contributed by atoms with Crippen molar-refractivity contribution in [2.24, 2.45) is 0 Å². The van der Waals surface area contributed by atoms with Gasteiger partial charge in [-0.15, -0.1) is 11.3 Å². The summed E-state index contributed by atoms with van der Waals surface area (Å²) < 4.78 is 1.40. The quantitative estimate of drug-likeness (QED) is 0.159. The Kier molecular flexibility index (Phi) is 8.08. The second-order valence-electron chi connectivity index (χ2n) is 22.7. The maximum absolute atomic E-state index is 2.69. The molecule has 2 nitrogen and oxygen atoms in total. The monoisotopic (exact) mass is 972 g/mol. The molecule has 1 aromatic heterocycles. The standard InChI is InChI=1S/C71H49BN2S/c1-42-33-36-45(37-34-42)74-62-32-18-31-61-65(62)72(68-66(74)64-51-38-35-43(69(2,3)4)39-58(51)71(67(64)75-68)56-29-16-10-23-48(56)49-24-11-17-30-57(49)71)60-41-59-52(40-63(60)73(61)44-19-6-5-7-20-44)50-25-12-15-28-55(50)70(59)53-26-13-8-21-46(53)47-22-9-14-27-54(47)70/h5-41H,1-4H3. The molecule has 4 heteroatoms. The predicted molar refractivity (Wildman–Crippen MR) is 314 cm³/mol. The molecule has 6 aliphatic rings. The van der Waals surface area contributed by atoms with Crippen LogP contribution in [0.25, 0.3) is 44.5 Å². The van der Waals surface area contributed by atoms with Crippen molar-refractivity contribution < 1.29 is 0 Å². The number of para-hydroxylation sites is 1. The van der Waals surface area contributed by atoms with E-state index in [1.54, 1.807) is 0 Å². The van der Waals surface area contributed by atoms with Gasteiger partial charge in [0.1, 0.15) is 0 Å². The highest BCUT2D eigenvalue weighted by Crippen LogP contribution is 2.68. The van der Waals surface area contributed by atoms with E-state index in [-0.39, 0.29) is 12.1 Å². The molecule has 0 atom stereocenters. The maximum Gasteiger partial charge on any atom is 0.264 e. The number of hydrogen-bond acceptors (Lipinski definition) is 3. The zero-order valence-electron chi connectivity index (χ0n) is 42.2. The molecule has 11 aromatic rings. The summed E-state index contributed by atoms with van der Waals surface area (Å²) in [6.45, 7) is 9.21. The van der Waals surface area contributed by atoms with Gasteiger partial charge in [-0.25, -0.2) is 0 Å². The zero-order chi connectivity index (χ0) is 49.7. The Bertz CT molecular complexity index is 4230. The highest BCUT2D eigenvalue weighted by Gasteiger charge is 2.58. The lowest BCUT2D eigenvalue weighted by Crippen LogP contribution is -2.60. The molecule has 17 rings (SSSR count). The lowest BCUT2D eigenvalue weighted by molar-refractivity contribution is 0.588. The van der Waals surface area contributed by atoms with Crippen LogP contribution >= 0.6 is 11.3 Å². The molecule has 352 valence electrons. The van der Waals surface area contributed by atoms with Crippen molar-refractivity contribution in [1.82, 2.24) is 0 Å². The molecular weight excluding hydrogens is 924 g/mol. The van der Waals surface area contributed by atoms with Gasteiger partial charge in [-0.1, -0.05) is 208 Å². The smallest absolute Gasteiger partial charge is 0.264 e. The molecule has 0 saturated heterocycles. The van der Waals surface area contributed by atoms with E-state index in [1.807, 2.05) is 0 Å². The van der Waals surface area contributed by atoms with Crippen LogP contribution in [0.2, 0.25) is 0 Å². The van der Waals surface area contributed by atoms with E-state index in [9.17, 15) is 0 Å². The largest absolute Gasteiger partial charge is 0.311 e. The van der Waals surface area contributed by atoms with Crippen molar-refractivity contribution in [2.45, 2.75) is 43.9 Å². The number of aryl methyl sites for hydroxylation is 1. The Morgan fingerprint density at radius 2 is 0.893 bits per heavy atom. The fourth-order valence-electron chi connectivity index (χ4n) is 15.1. The Morgan fingerprint density at radius 3 is 1.47 bits per heavy atom. The van der Waals surface area contributed by atoms with Crippen LogP contribution in [0.1, 0.15) is 75.7 Å². The number of nitrogens with zero attached hydrogens (tertiary/aromatic N) is 2. The fourth-order valence-corrected chi connectivity index (χ4v) is 16.8. The van der Waals surface area contributed by atoms with E-state index < -0.39 is 10.8 Å². The van der Waals surface area contributed by atoms with Crippen LogP contribution in [0, 0.1) is 6.92 Å². The molecule has 0 unspecified atom stereocenters. The van der Waals surface area contributed by atoms with E-state index in [4.69, 9.17) is 0 Å². The van der Waals surface area contributed by atoms with Gasteiger partial charge in [-0.2, -0.15) is 0 Å². The van der Waals surface area contributed by atoms with Crippen LogP contribution in [0.4, 0.5) is 34.1 Å². The molecule has 0 saturated carbocycles. The first-order chi connectivity index (χ1) is 36.8. The second-order valence-corrected chi connectivity index (χ2v) is 23.8. The van der Waals surface area contributed by atoms with Crippen molar-refractivity contribution in [3.63, 3.8) is 0 Å². The minimum Gasteiger partial charge on any atom is -0.311 e. The molecule has 0 bridgehead atoms. The summed E-state index contributed by atoms with van der Waals surface area (Å²) in [5.74, 6) is 0. The maximum atomic E-state index is 2.69. The third-order valence-electron chi connectivity index (χ3n) is 18.1. The summed E-state index contributed by atoms with van der Waals surface area (Å²) in [5.41, 5.74) is 31.9. The predicted octanol–water partition coefficient (Wildman–Crippen LogP) is 16.1. The van der Waals surface area contributed by atoms with E-state index in [0.717, 1.165) is 5.69 Å². The van der Waals surface area contributed by atoms with Crippen LogP contribution in [0.15, 0.2) is 224 Å². The molecule has 0 fully saturated rings. The number of hydrogen-bond donors (Lipinski definition) is 0. The molecule has 10 aromatic carbocycles. The third kappa shape index (κ3) is 5.03. The van der Waals surface area contributed by atoms with Crippen molar-refractivity contribution >= 4 is 67.9 Å². The highest BCUT2D eigenvalue weighted by molar-refractivity contribution is 7.30. The molecule has 75 heavy (non-hydrogen) atoms. The van der Waals surface area contributed by atoms with Crippen LogP contribution in [-0.4, -0.2) is 6.71 Å². The van der Waals surface area contributed by atoms with Gasteiger partial charge in [-0.3, -0.25) is 0 Å². The molecule has 3 heterocycles. The Morgan fingerprint density at radius 1 is 0.400 bits per heavy atom. The number of fused-ring (bicyclic) bond motifs is 25. The average molecular weight is 973 g/mol. The highest BCUT2D eigenvalue weighted by atomic mass is 32.1. The van der Waals surface area contributed by atoms with E-state index >= 15 is 0 Å². The normalized spacial score (nSPS) is 15.3. The number of anilines is 6. The Balaban J connectivity index is 1.03. The van der Waals surface area contributed by atoms with Gasteiger partial charge in [-0.05, 0) is 149 Å². The van der Waals surface area contributed by atoms with E-state index in [0.29, 0.717) is 0 Å². The van der Waals surface area contributed by atoms with Crippen LogP contribution in [-0.2, 0) is 16.2 Å². The minimum absolute atomic E-state index is 0.0410. The molecule has 2 aliphatic heterocycles. The van der Waals surface area contributed by atoms with Crippen molar-refractivity contribution in [1.29, 1.82) is 0 Å². The van der Waals surface area contributed by atoms with Gasteiger partial charge < -0.3 is 9.80 Å². The van der Waals surface area contributed by atoms with Crippen LogP contribution in [0.5, 0.6) is 0 Å². The van der Waals surface area contributed by atoms with Crippen molar-refractivity contribution in [3.8, 4) is 44.5 Å². The summed E-state index contributed by atoms with van der Waals surface area (Å²) in [7, 11) is 0. The van der Waals surface area contributed by atoms with Gasteiger partial charge in [0.05, 0.1) is 16.5 Å². The zero-order valence-corrected chi connectivity index (χ0v) is 43.1. The van der Waals surface area contributed by atoms with Crippen molar-refractivity contribution in [3.05, 3.63) is 279 Å². The lowest BCUT2D eigenvalue weighted by Gasteiger charge is -2.44. The number of thiophene rings is 1. The van der Waals surface area contributed by atoms with Crippen LogP contribution in [0.3, 0.4) is 0 Å².